The van der Waals surface area contributed by atoms with E-state index in [9.17, 15) is 9.90 Å². The van der Waals surface area contributed by atoms with Gasteiger partial charge in [-0.2, -0.15) is 5.10 Å². The van der Waals surface area contributed by atoms with Gasteiger partial charge >= 0.3 is 0 Å². The van der Waals surface area contributed by atoms with E-state index in [4.69, 9.17) is 4.42 Å². The van der Waals surface area contributed by atoms with Crippen LogP contribution < -0.4 is 0 Å². The largest absolute Gasteiger partial charge is 0.451 e. The molecule has 4 rings (SSSR count). The average Bonchev–Trinajstić information content (AvgIpc) is 3.14. The van der Waals surface area contributed by atoms with Crippen molar-refractivity contribution >= 4 is 16.9 Å². The Kier molecular flexibility index (Phi) is 3.61. The Morgan fingerprint density at radius 1 is 1.38 bits per heavy atom. The first kappa shape index (κ1) is 15.0. The maximum atomic E-state index is 13.1. The molecule has 1 aromatic carbocycles. The summed E-state index contributed by atoms with van der Waals surface area (Å²) in [6.45, 7) is 2.93. The molecule has 6 heteroatoms. The second-order valence-electron chi connectivity index (χ2n) is 6.16. The minimum Gasteiger partial charge on any atom is -0.451 e. The monoisotopic (exact) mass is 325 g/mol. The zero-order chi connectivity index (χ0) is 16.7. The molecule has 3 aromatic rings. The van der Waals surface area contributed by atoms with Crippen LogP contribution in [0, 0.1) is 6.92 Å². The molecule has 24 heavy (non-hydrogen) atoms. The van der Waals surface area contributed by atoms with Gasteiger partial charge in [-0.25, -0.2) is 0 Å². The van der Waals surface area contributed by atoms with E-state index >= 15 is 0 Å². The fourth-order valence-corrected chi connectivity index (χ4v) is 3.36. The third kappa shape index (κ3) is 2.30. The van der Waals surface area contributed by atoms with E-state index in [1.165, 1.54) is 0 Å². The van der Waals surface area contributed by atoms with Crippen LogP contribution in [0.3, 0.4) is 0 Å². The van der Waals surface area contributed by atoms with Gasteiger partial charge in [0.05, 0.1) is 24.9 Å². The highest BCUT2D eigenvalue weighted by Crippen LogP contribution is 2.28. The minimum absolute atomic E-state index is 0.0736. The fraction of sp³-hybridized carbons (Fsp3) is 0.333. The molecular formula is C18H19N3O3. The number of aliphatic hydroxyl groups is 1. The van der Waals surface area contributed by atoms with Crippen molar-refractivity contribution in [3.05, 3.63) is 53.5 Å². The second kappa shape index (κ2) is 5.79. The Bertz CT molecular complexity index is 896. The summed E-state index contributed by atoms with van der Waals surface area (Å²) in [5.41, 5.74) is 2.51. The van der Waals surface area contributed by atoms with E-state index in [1.54, 1.807) is 11.1 Å². The zero-order valence-corrected chi connectivity index (χ0v) is 13.5. The number of aryl methyl sites for hydroxylation is 2. The van der Waals surface area contributed by atoms with Crippen molar-refractivity contribution in [3.8, 4) is 0 Å². The Hall–Kier alpha value is -2.60. The number of aliphatic hydroxyl groups excluding tert-OH is 1. The first-order chi connectivity index (χ1) is 11.7. The summed E-state index contributed by atoms with van der Waals surface area (Å²) in [6.07, 6.45) is 2.40. The van der Waals surface area contributed by atoms with E-state index in [-0.39, 0.29) is 18.6 Å². The van der Waals surface area contributed by atoms with Gasteiger partial charge in [0.15, 0.2) is 5.76 Å². The van der Waals surface area contributed by atoms with Crippen LogP contribution in [0.5, 0.6) is 0 Å². The molecule has 0 aliphatic carbocycles. The third-order valence-electron chi connectivity index (χ3n) is 4.76. The number of benzene rings is 1. The van der Waals surface area contributed by atoms with E-state index in [0.717, 1.165) is 16.6 Å². The second-order valence-corrected chi connectivity index (χ2v) is 6.16. The van der Waals surface area contributed by atoms with E-state index < -0.39 is 0 Å². The van der Waals surface area contributed by atoms with Crippen molar-refractivity contribution < 1.29 is 14.3 Å². The van der Waals surface area contributed by atoms with Crippen molar-refractivity contribution in [2.24, 2.45) is 0 Å². The maximum absolute atomic E-state index is 13.1. The summed E-state index contributed by atoms with van der Waals surface area (Å²) < 4.78 is 7.71. The first-order valence-electron chi connectivity index (χ1n) is 8.09. The normalized spacial score (nSPS) is 17.8. The molecule has 0 saturated heterocycles. The number of hydrogen-bond acceptors (Lipinski definition) is 4. The number of aromatic nitrogens is 2. The molecule has 0 fully saturated rings. The molecule has 1 N–H and O–H groups in total. The van der Waals surface area contributed by atoms with Crippen molar-refractivity contribution in [3.63, 3.8) is 0 Å². The van der Waals surface area contributed by atoms with Gasteiger partial charge < -0.3 is 14.4 Å². The van der Waals surface area contributed by atoms with Crippen molar-refractivity contribution in [1.82, 2.24) is 14.7 Å². The molecule has 1 aliphatic heterocycles. The van der Waals surface area contributed by atoms with Gasteiger partial charge in [-0.15, -0.1) is 0 Å². The molecule has 1 unspecified atom stereocenters. The Morgan fingerprint density at radius 3 is 3.00 bits per heavy atom. The average molecular weight is 325 g/mol. The quantitative estimate of drug-likeness (QED) is 0.785. The molecule has 0 bridgehead atoms. The van der Waals surface area contributed by atoms with Crippen LogP contribution in [0.4, 0.5) is 0 Å². The molecule has 1 amide bonds. The number of rotatable bonds is 2. The number of fused-ring (bicyclic) bond motifs is 2. The third-order valence-corrected chi connectivity index (χ3v) is 4.76. The lowest BCUT2D eigenvalue weighted by Gasteiger charge is -2.27. The lowest BCUT2D eigenvalue weighted by Crippen LogP contribution is -2.41. The molecule has 1 atom stereocenters. The molecule has 6 nitrogen and oxygen atoms in total. The molecule has 124 valence electrons. The number of amides is 1. The van der Waals surface area contributed by atoms with Crippen LogP contribution in [0.25, 0.3) is 11.0 Å². The highest BCUT2D eigenvalue weighted by atomic mass is 16.3. The first-order valence-corrected chi connectivity index (χ1v) is 8.09. The van der Waals surface area contributed by atoms with E-state index in [2.05, 4.69) is 5.10 Å². The van der Waals surface area contributed by atoms with Crippen LogP contribution in [0.1, 0.15) is 28.2 Å². The predicted octanol–water partition coefficient (Wildman–Crippen LogP) is 2.34. The molecule has 0 saturated carbocycles. The summed E-state index contributed by atoms with van der Waals surface area (Å²) >= 11 is 0. The van der Waals surface area contributed by atoms with Crippen molar-refractivity contribution in [2.75, 3.05) is 6.61 Å². The minimum atomic E-state index is -0.244. The predicted molar refractivity (Wildman–Crippen MR) is 88.5 cm³/mol. The van der Waals surface area contributed by atoms with Crippen LogP contribution in [-0.2, 0) is 13.1 Å². The van der Waals surface area contributed by atoms with Crippen LogP contribution >= 0.6 is 0 Å². The molecule has 0 spiro atoms. The van der Waals surface area contributed by atoms with Gasteiger partial charge in [-0.05, 0) is 25.5 Å². The van der Waals surface area contributed by atoms with E-state index in [1.807, 2.05) is 41.9 Å². The van der Waals surface area contributed by atoms with Crippen LogP contribution in [0.15, 0.2) is 40.9 Å². The van der Waals surface area contributed by atoms with Gasteiger partial charge in [0.1, 0.15) is 5.58 Å². The molecule has 2 aromatic heterocycles. The Morgan fingerprint density at radius 2 is 2.21 bits per heavy atom. The number of carbonyl (C=O) groups is 1. The maximum Gasteiger partial charge on any atom is 0.290 e. The molecule has 3 heterocycles. The van der Waals surface area contributed by atoms with Gasteiger partial charge in [-0.3, -0.25) is 9.48 Å². The highest BCUT2D eigenvalue weighted by Gasteiger charge is 2.31. The number of hydrogen-bond donors (Lipinski definition) is 1. The Labute approximate surface area is 139 Å². The molecule has 1 aliphatic rings. The lowest BCUT2D eigenvalue weighted by atomic mass is 10.1. The van der Waals surface area contributed by atoms with Gasteiger partial charge in [0.2, 0.25) is 0 Å². The van der Waals surface area contributed by atoms with Crippen LogP contribution in [0.2, 0.25) is 0 Å². The standard InChI is InChI=1S/C18H19N3O3/c1-12-15-4-2-3-5-16(15)24-17(12)18(23)20-10-13-6-8-19-21(13)9-7-14(20)11-22/h2-6,8,14,22H,7,9-11H2,1H3. The van der Waals surface area contributed by atoms with Crippen molar-refractivity contribution in [2.45, 2.75) is 32.5 Å². The number of furan rings is 1. The summed E-state index contributed by atoms with van der Waals surface area (Å²) in [7, 11) is 0. The summed E-state index contributed by atoms with van der Waals surface area (Å²) in [5.74, 6) is 0.167. The fourth-order valence-electron chi connectivity index (χ4n) is 3.36. The Balaban J connectivity index is 1.74. The summed E-state index contributed by atoms with van der Waals surface area (Å²) in [6, 6.07) is 9.30. The molecule has 0 radical (unpaired) electrons. The van der Waals surface area contributed by atoms with Gasteiger partial charge in [0.25, 0.3) is 5.91 Å². The number of carbonyl (C=O) groups excluding carboxylic acids is 1. The number of nitrogens with zero attached hydrogens (tertiary/aromatic N) is 3. The highest BCUT2D eigenvalue weighted by molar-refractivity contribution is 5.99. The SMILES string of the molecule is Cc1c(C(=O)N2Cc3ccnn3CCC2CO)oc2ccccc12. The summed E-state index contributed by atoms with van der Waals surface area (Å²) in [4.78, 5) is 14.8. The van der Waals surface area contributed by atoms with Crippen LogP contribution in [-0.4, -0.2) is 38.3 Å². The molecular weight excluding hydrogens is 306 g/mol. The van der Waals surface area contributed by atoms with Gasteiger partial charge in [-0.1, -0.05) is 18.2 Å². The zero-order valence-electron chi connectivity index (χ0n) is 13.5. The number of para-hydroxylation sites is 1. The topological polar surface area (TPSA) is 71.5 Å². The smallest absolute Gasteiger partial charge is 0.290 e. The van der Waals surface area contributed by atoms with Gasteiger partial charge in [0, 0.05) is 23.7 Å². The summed E-state index contributed by atoms with van der Waals surface area (Å²) in [5, 5.41) is 15.0. The lowest BCUT2D eigenvalue weighted by molar-refractivity contribution is 0.0538. The van der Waals surface area contributed by atoms with Crippen molar-refractivity contribution in [1.29, 1.82) is 0 Å². The van der Waals surface area contributed by atoms with E-state index in [0.29, 0.717) is 30.9 Å².